The molecule has 0 saturated carbocycles. The summed E-state index contributed by atoms with van der Waals surface area (Å²) in [5.41, 5.74) is 4.48. The van der Waals surface area contributed by atoms with Gasteiger partial charge in [-0.05, 0) is 74.6 Å². The summed E-state index contributed by atoms with van der Waals surface area (Å²) in [5.74, 6) is 1.76. The maximum atomic E-state index is 13.1. The lowest BCUT2D eigenvalue weighted by Gasteiger charge is -2.29. The maximum Gasteiger partial charge on any atom is 0.258 e. The van der Waals surface area contributed by atoms with E-state index in [4.69, 9.17) is 14.5 Å². The highest BCUT2D eigenvalue weighted by Gasteiger charge is 2.20. The Kier molecular flexibility index (Phi) is 5.77. The number of hydrogen-bond acceptors (Lipinski definition) is 5. The molecule has 4 rings (SSSR count). The number of pyridine rings is 1. The normalized spacial score (nSPS) is 15.5. The number of hydrogen-bond donors (Lipinski definition) is 0. The Morgan fingerprint density at radius 3 is 2.47 bits per heavy atom. The smallest absolute Gasteiger partial charge is 0.258 e. The molecule has 0 radical (unpaired) electrons. The van der Waals surface area contributed by atoms with Crippen LogP contribution in [0.3, 0.4) is 0 Å². The van der Waals surface area contributed by atoms with Gasteiger partial charge in [-0.15, -0.1) is 0 Å². The third kappa shape index (κ3) is 3.79. The van der Waals surface area contributed by atoms with E-state index in [0.717, 1.165) is 49.1 Å². The van der Waals surface area contributed by atoms with E-state index in [-0.39, 0.29) is 5.56 Å². The molecule has 0 unspecified atom stereocenters. The quantitative estimate of drug-likeness (QED) is 0.645. The highest BCUT2D eigenvalue weighted by Crippen LogP contribution is 2.32. The van der Waals surface area contributed by atoms with E-state index in [0.29, 0.717) is 23.1 Å². The highest BCUT2D eigenvalue weighted by molar-refractivity contribution is 5.66. The molecule has 1 saturated heterocycles. The third-order valence-electron chi connectivity index (χ3n) is 6.11. The first-order chi connectivity index (χ1) is 14.5. The Labute approximate surface area is 177 Å². The van der Waals surface area contributed by atoms with Gasteiger partial charge in [-0.1, -0.05) is 13.0 Å². The van der Waals surface area contributed by atoms with Gasteiger partial charge in [0.05, 0.1) is 19.9 Å². The van der Waals surface area contributed by atoms with Crippen LogP contribution in [0, 0.1) is 0 Å². The third-order valence-corrected chi connectivity index (χ3v) is 6.11. The lowest BCUT2D eigenvalue weighted by atomic mass is 9.89. The average molecular weight is 408 g/mol. The van der Waals surface area contributed by atoms with Crippen LogP contribution < -0.4 is 15.0 Å². The second-order valence-electron chi connectivity index (χ2n) is 7.97. The van der Waals surface area contributed by atoms with E-state index >= 15 is 0 Å². The molecule has 1 aliphatic heterocycles. The van der Waals surface area contributed by atoms with Crippen LogP contribution in [0.4, 0.5) is 0 Å². The molecule has 1 aromatic carbocycles. The summed E-state index contributed by atoms with van der Waals surface area (Å²) in [4.78, 5) is 20.3. The van der Waals surface area contributed by atoms with Crippen LogP contribution >= 0.6 is 0 Å². The molecule has 1 aliphatic rings. The monoisotopic (exact) mass is 407 g/mol. The Morgan fingerprint density at radius 1 is 1.07 bits per heavy atom. The molecule has 0 bridgehead atoms. The lowest BCUT2D eigenvalue weighted by molar-refractivity contribution is 0.255. The van der Waals surface area contributed by atoms with Gasteiger partial charge in [-0.2, -0.15) is 0 Å². The van der Waals surface area contributed by atoms with Gasteiger partial charge in [0, 0.05) is 17.8 Å². The van der Waals surface area contributed by atoms with Gasteiger partial charge in [0.15, 0.2) is 11.5 Å². The van der Waals surface area contributed by atoms with Crippen LogP contribution in [0.5, 0.6) is 11.5 Å². The number of ether oxygens (including phenoxy) is 2. The summed E-state index contributed by atoms with van der Waals surface area (Å²) in [6.45, 7) is 4.30. The summed E-state index contributed by atoms with van der Waals surface area (Å²) < 4.78 is 12.5. The summed E-state index contributed by atoms with van der Waals surface area (Å²) in [6, 6.07) is 9.44. The summed E-state index contributed by atoms with van der Waals surface area (Å²) in [6.07, 6.45) is 5.07. The fourth-order valence-electron chi connectivity index (χ4n) is 4.26. The molecule has 6 nitrogen and oxygen atoms in total. The summed E-state index contributed by atoms with van der Waals surface area (Å²) in [7, 11) is 5.37. The van der Waals surface area contributed by atoms with Crippen LogP contribution in [0.1, 0.15) is 36.8 Å². The zero-order valence-electron chi connectivity index (χ0n) is 18.1. The Morgan fingerprint density at radius 2 is 1.80 bits per heavy atom. The highest BCUT2D eigenvalue weighted by atomic mass is 16.5. The minimum atomic E-state index is -0.0609. The van der Waals surface area contributed by atoms with Gasteiger partial charge < -0.3 is 14.4 Å². The van der Waals surface area contributed by atoms with Crippen molar-refractivity contribution in [1.82, 2.24) is 14.3 Å². The first-order valence-electron chi connectivity index (χ1n) is 10.5. The van der Waals surface area contributed by atoms with Gasteiger partial charge in [0.1, 0.15) is 5.65 Å². The standard InChI is InChI=1S/C24H29N3O3/c1-5-16-12-19(17-8-10-26(2)11-9-17)15-27-23(28)14-20(25-24(16)27)18-6-7-21(29-3)22(13-18)30-4/h6-7,12-15,17H,5,8-11H2,1-4H3. The zero-order valence-corrected chi connectivity index (χ0v) is 18.1. The van der Waals surface area contributed by atoms with Crippen molar-refractivity contribution < 1.29 is 9.47 Å². The van der Waals surface area contributed by atoms with E-state index in [9.17, 15) is 4.79 Å². The van der Waals surface area contributed by atoms with Crippen molar-refractivity contribution in [3.63, 3.8) is 0 Å². The molecule has 0 aliphatic carbocycles. The second-order valence-corrected chi connectivity index (χ2v) is 7.97. The lowest BCUT2D eigenvalue weighted by Crippen LogP contribution is -2.29. The molecular formula is C24H29N3O3. The van der Waals surface area contributed by atoms with Crippen molar-refractivity contribution >= 4 is 5.65 Å². The molecule has 6 heteroatoms. The fourth-order valence-corrected chi connectivity index (χ4v) is 4.26. The largest absolute Gasteiger partial charge is 0.493 e. The number of nitrogens with zero attached hydrogens (tertiary/aromatic N) is 3. The molecule has 3 aromatic rings. The van der Waals surface area contributed by atoms with Crippen molar-refractivity contribution in [3.05, 3.63) is 58.0 Å². The Hall–Kier alpha value is -2.86. The number of methoxy groups -OCH3 is 2. The van der Waals surface area contributed by atoms with Gasteiger partial charge in [0.25, 0.3) is 5.56 Å². The van der Waals surface area contributed by atoms with Crippen LogP contribution in [0.25, 0.3) is 16.9 Å². The van der Waals surface area contributed by atoms with Gasteiger partial charge >= 0.3 is 0 Å². The maximum absolute atomic E-state index is 13.1. The van der Waals surface area contributed by atoms with Crippen molar-refractivity contribution in [3.8, 4) is 22.8 Å². The van der Waals surface area contributed by atoms with E-state index in [1.807, 2.05) is 24.4 Å². The van der Waals surface area contributed by atoms with E-state index in [1.54, 1.807) is 24.7 Å². The number of benzene rings is 1. The van der Waals surface area contributed by atoms with Crippen LogP contribution in [0.15, 0.2) is 41.3 Å². The van der Waals surface area contributed by atoms with Crippen molar-refractivity contribution in [2.24, 2.45) is 0 Å². The summed E-state index contributed by atoms with van der Waals surface area (Å²) >= 11 is 0. The van der Waals surface area contributed by atoms with E-state index in [1.165, 1.54) is 5.56 Å². The van der Waals surface area contributed by atoms with Crippen LogP contribution in [-0.4, -0.2) is 48.6 Å². The average Bonchev–Trinajstić information content (AvgIpc) is 2.78. The number of piperidine rings is 1. The van der Waals surface area contributed by atoms with Crippen LogP contribution in [-0.2, 0) is 6.42 Å². The number of aromatic nitrogens is 2. The molecular weight excluding hydrogens is 378 g/mol. The van der Waals surface area contributed by atoms with Crippen molar-refractivity contribution in [2.45, 2.75) is 32.1 Å². The van der Waals surface area contributed by atoms with Crippen molar-refractivity contribution in [2.75, 3.05) is 34.4 Å². The molecule has 158 valence electrons. The Bertz CT molecular complexity index is 1110. The predicted octanol–water partition coefficient (Wildman–Crippen LogP) is 3.75. The van der Waals surface area contributed by atoms with Crippen molar-refractivity contribution in [1.29, 1.82) is 0 Å². The first-order valence-corrected chi connectivity index (χ1v) is 10.5. The van der Waals surface area contributed by atoms with Gasteiger partial charge in [-0.25, -0.2) is 4.98 Å². The number of likely N-dealkylation sites (tertiary alicyclic amines) is 1. The van der Waals surface area contributed by atoms with Gasteiger partial charge in [-0.3, -0.25) is 9.20 Å². The fraction of sp³-hybridized carbons (Fsp3) is 0.417. The molecule has 0 amide bonds. The molecule has 1 fully saturated rings. The molecule has 3 heterocycles. The summed E-state index contributed by atoms with van der Waals surface area (Å²) in [5, 5.41) is 0. The number of rotatable bonds is 5. The Balaban J connectivity index is 1.80. The minimum absolute atomic E-state index is 0.0609. The predicted molar refractivity (Wildman–Crippen MR) is 119 cm³/mol. The van der Waals surface area contributed by atoms with Gasteiger partial charge in [0.2, 0.25) is 0 Å². The molecule has 0 atom stereocenters. The van der Waals surface area contributed by atoms with E-state index in [2.05, 4.69) is 24.9 Å². The molecule has 0 spiro atoms. The van der Waals surface area contributed by atoms with E-state index < -0.39 is 0 Å². The molecule has 2 aromatic heterocycles. The second kappa shape index (κ2) is 8.48. The minimum Gasteiger partial charge on any atom is -0.493 e. The number of fused-ring (bicyclic) bond motifs is 1. The topological polar surface area (TPSA) is 56.1 Å². The number of aryl methyl sites for hydroxylation is 1. The SMILES string of the molecule is CCc1cc(C2CCN(C)CC2)cn2c(=O)cc(-c3ccc(OC)c(OC)c3)nc12. The zero-order chi connectivity index (χ0) is 21.3. The molecule has 30 heavy (non-hydrogen) atoms. The van der Waals surface area contributed by atoms with Crippen LogP contribution in [0.2, 0.25) is 0 Å². The first kappa shape index (κ1) is 20.4. The molecule has 0 N–H and O–H groups in total.